The summed E-state index contributed by atoms with van der Waals surface area (Å²) < 4.78 is 33.2. The SMILES string of the molecule is CC/C=C\C/C=C\C/C=C\C/C=C\CCCCCCC(=O)OC(COC(=O)CCCCCCCC)COP(=O)(O)OC1C(O)C(O)C(O)C(O)C1O. The zero-order valence-electron chi connectivity index (χ0n) is 31.1. The smallest absolute Gasteiger partial charge is 0.462 e. The molecule has 13 nitrogen and oxygen atoms in total. The molecular weight excluding hydrogens is 695 g/mol. The van der Waals surface area contributed by atoms with Crippen LogP contribution in [0.25, 0.3) is 0 Å². The molecule has 6 N–H and O–H groups in total. The lowest BCUT2D eigenvalue weighted by Crippen LogP contribution is -2.64. The Morgan fingerprint density at radius 3 is 1.67 bits per heavy atom. The summed E-state index contributed by atoms with van der Waals surface area (Å²) in [6, 6.07) is 0. The number of aliphatic hydroxyl groups excluding tert-OH is 5. The Morgan fingerprint density at radius 2 is 1.10 bits per heavy atom. The second kappa shape index (κ2) is 29.2. The first-order valence-corrected chi connectivity index (χ1v) is 20.4. The molecule has 1 fully saturated rings. The number of ether oxygens (including phenoxy) is 2. The molecule has 0 aromatic rings. The first-order valence-electron chi connectivity index (χ1n) is 18.9. The molecule has 0 bridgehead atoms. The standard InChI is InChI=1S/C38H65O13P/c1-3-5-7-9-11-12-13-14-15-16-17-18-19-20-21-23-25-27-32(40)50-30(28-48-31(39)26-24-22-10-8-6-4-2)29-49-52(46,47)51-38-36(44)34(42)33(41)35(43)37(38)45/h5,7,11-12,14-15,17-18,30,33-38,41-45H,3-4,6,8-10,13,16,19-29H2,1-2H3,(H,46,47)/b7-5-,12-11-,15-14-,18-17-. The Hall–Kier alpha value is -2.19. The van der Waals surface area contributed by atoms with E-state index in [1.807, 2.05) is 0 Å². The van der Waals surface area contributed by atoms with E-state index in [4.69, 9.17) is 18.5 Å². The average molecular weight is 761 g/mol. The van der Waals surface area contributed by atoms with Gasteiger partial charge in [-0.3, -0.25) is 18.6 Å². The fourth-order valence-electron chi connectivity index (χ4n) is 5.33. The lowest BCUT2D eigenvalue weighted by Gasteiger charge is -2.41. The third-order valence-corrected chi connectivity index (χ3v) is 9.42. The Kier molecular flexibility index (Phi) is 26.9. The summed E-state index contributed by atoms with van der Waals surface area (Å²) >= 11 is 0. The number of carbonyl (C=O) groups excluding carboxylic acids is 2. The molecule has 14 heteroatoms. The topological polar surface area (TPSA) is 210 Å². The quantitative estimate of drug-likeness (QED) is 0.0236. The highest BCUT2D eigenvalue weighted by molar-refractivity contribution is 7.47. The summed E-state index contributed by atoms with van der Waals surface area (Å²) in [5, 5.41) is 49.8. The Bertz CT molecular complexity index is 1110. The van der Waals surface area contributed by atoms with Gasteiger partial charge in [-0.2, -0.15) is 0 Å². The van der Waals surface area contributed by atoms with Gasteiger partial charge in [-0.15, -0.1) is 0 Å². The number of hydrogen-bond donors (Lipinski definition) is 6. The monoisotopic (exact) mass is 760 g/mol. The van der Waals surface area contributed by atoms with Gasteiger partial charge in [0.2, 0.25) is 0 Å². The Balaban J connectivity index is 2.52. The molecule has 1 aliphatic rings. The van der Waals surface area contributed by atoms with Crippen LogP contribution in [0.5, 0.6) is 0 Å². The van der Waals surface area contributed by atoms with Gasteiger partial charge in [-0.25, -0.2) is 4.57 Å². The highest BCUT2D eigenvalue weighted by Crippen LogP contribution is 2.47. The Labute approximate surface area is 310 Å². The summed E-state index contributed by atoms with van der Waals surface area (Å²) in [6.07, 6.45) is 18.0. The van der Waals surface area contributed by atoms with Crippen molar-refractivity contribution in [3.8, 4) is 0 Å². The second-order valence-corrected chi connectivity index (χ2v) is 14.5. The van der Waals surface area contributed by atoms with E-state index in [9.17, 15) is 44.6 Å². The van der Waals surface area contributed by atoms with Crippen LogP contribution in [0.2, 0.25) is 0 Å². The van der Waals surface area contributed by atoms with Crippen LogP contribution >= 0.6 is 7.82 Å². The van der Waals surface area contributed by atoms with E-state index in [2.05, 4.69) is 62.5 Å². The number of rotatable bonds is 29. The Morgan fingerprint density at radius 1 is 0.615 bits per heavy atom. The van der Waals surface area contributed by atoms with Gasteiger partial charge in [0.15, 0.2) is 6.10 Å². The summed E-state index contributed by atoms with van der Waals surface area (Å²) in [5.74, 6) is -1.14. The third kappa shape index (κ3) is 22.1. The van der Waals surface area contributed by atoms with Gasteiger partial charge in [-0.1, -0.05) is 107 Å². The van der Waals surface area contributed by atoms with Crippen molar-refractivity contribution in [2.45, 2.75) is 166 Å². The first kappa shape index (κ1) is 47.8. The molecule has 0 aromatic heterocycles. The van der Waals surface area contributed by atoms with Crippen LogP contribution < -0.4 is 0 Å². The van der Waals surface area contributed by atoms with Gasteiger partial charge < -0.3 is 39.9 Å². The second-order valence-electron chi connectivity index (χ2n) is 13.1. The number of unbranched alkanes of at least 4 members (excludes halogenated alkanes) is 9. The third-order valence-electron chi connectivity index (χ3n) is 8.43. The van der Waals surface area contributed by atoms with E-state index in [0.29, 0.717) is 12.8 Å². The summed E-state index contributed by atoms with van der Waals surface area (Å²) in [5.41, 5.74) is 0. The maximum absolute atomic E-state index is 12.7. The zero-order chi connectivity index (χ0) is 38.6. The van der Waals surface area contributed by atoms with Gasteiger partial charge in [0.05, 0.1) is 6.61 Å². The van der Waals surface area contributed by atoms with Crippen molar-refractivity contribution in [1.29, 1.82) is 0 Å². The molecule has 300 valence electrons. The number of carbonyl (C=O) groups is 2. The van der Waals surface area contributed by atoms with Crippen LogP contribution in [0.15, 0.2) is 48.6 Å². The van der Waals surface area contributed by atoms with Crippen molar-refractivity contribution in [2.24, 2.45) is 0 Å². The molecule has 0 heterocycles. The van der Waals surface area contributed by atoms with Crippen LogP contribution in [0, 0.1) is 0 Å². The van der Waals surface area contributed by atoms with Crippen LogP contribution in [-0.2, 0) is 32.7 Å². The van der Waals surface area contributed by atoms with Gasteiger partial charge in [0, 0.05) is 12.8 Å². The molecule has 0 amide bonds. The van der Waals surface area contributed by atoms with E-state index in [-0.39, 0.29) is 12.8 Å². The molecule has 6 unspecified atom stereocenters. The van der Waals surface area contributed by atoms with Crippen LogP contribution in [0.4, 0.5) is 0 Å². The van der Waals surface area contributed by atoms with E-state index in [1.165, 1.54) is 0 Å². The molecule has 0 saturated heterocycles. The number of esters is 2. The highest BCUT2D eigenvalue weighted by Gasteiger charge is 2.51. The summed E-state index contributed by atoms with van der Waals surface area (Å²) in [4.78, 5) is 35.2. The number of phosphoric acid groups is 1. The van der Waals surface area contributed by atoms with Crippen molar-refractivity contribution >= 4 is 19.8 Å². The maximum Gasteiger partial charge on any atom is 0.472 e. The van der Waals surface area contributed by atoms with Crippen molar-refractivity contribution < 1.29 is 63.1 Å². The molecular formula is C38H65O13P. The molecule has 0 radical (unpaired) electrons. The normalized spacial score (nSPS) is 24.2. The average Bonchev–Trinajstić information content (AvgIpc) is 3.12. The minimum absolute atomic E-state index is 0.0675. The van der Waals surface area contributed by atoms with Crippen molar-refractivity contribution in [1.82, 2.24) is 0 Å². The number of phosphoric ester groups is 1. The van der Waals surface area contributed by atoms with Crippen LogP contribution in [-0.4, -0.2) is 98.3 Å². The number of hydrogen-bond acceptors (Lipinski definition) is 12. The lowest BCUT2D eigenvalue weighted by molar-refractivity contribution is -0.220. The molecule has 0 aliphatic heterocycles. The van der Waals surface area contributed by atoms with Crippen molar-refractivity contribution in [3.63, 3.8) is 0 Å². The fraction of sp³-hybridized carbons (Fsp3) is 0.737. The van der Waals surface area contributed by atoms with Crippen molar-refractivity contribution in [3.05, 3.63) is 48.6 Å². The van der Waals surface area contributed by atoms with Crippen LogP contribution in [0.3, 0.4) is 0 Å². The first-order chi connectivity index (χ1) is 24.9. The molecule has 1 saturated carbocycles. The lowest BCUT2D eigenvalue weighted by atomic mass is 9.85. The molecule has 0 spiro atoms. The summed E-state index contributed by atoms with van der Waals surface area (Å²) in [6.45, 7) is 3.04. The van der Waals surface area contributed by atoms with Gasteiger partial charge >= 0.3 is 19.8 Å². The summed E-state index contributed by atoms with van der Waals surface area (Å²) in [7, 11) is -5.11. The van der Waals surface area contributed by atoms with Gasteiger partial charge in [0.25, 0.3) is 0 Å². The fourth-order valence-corrected chi connectivity index (χ4v) is 6.31. The van der Waals surface area contributed by atoms with Gasteiger partial charge in [-0.05, 0) is 51.4 Å². The molecule has 52 heavy (non-hydrogen) atoms. The minimum Gasteiger partial charge on any atom is -0.462 e. The zero-order valence-corrected chi connectivity index (χ0v) is 32.0. The largest absolute Gasteiger partial charge is 0.472 e. The van der Waals surface area contributed by atoms with E-state index >= 15 is 0 Å². The number of aliphatic hydroxyl groups is 5. The molecule has 1 rings (SSSR count). The van der Waals surface area contributed by atoms with Gasteiger partial charge in [0.1, 0.15) is 43.2 Å². The predicted molar refractivity (Wildman–Crippen MR) is 198 cm³/mol. The van der Waals surface area contributed by atoms with E-state index in [1.54, 1.807) is 0 Å². The highest BCUT2D eigenvalue weighted by atomic mass is 31.2. The van der Waals surface area contributed by atoms with Crippen molar-refractivity contribution in [2.75, 3.05) is 13.2 Å². The maximum atomic E-state index is 12.7. The van der Waals surface area contributed by atoms with E-state index < -0.39 is 75.7 Å². The van der Waals surface area contributed by atoms with Crippen LogP contribution in [0.1, 0.15) is 123 Å². The molecule has 1 aliphatic carbocycles. The van der Waals surface area contributed by atoms with E-state index in [0.717, 1.165) is 83.5 Å². The minimum atomic E-state index is -5.11. The number of allylic oxidation sites excluding steroid dienone is 8. The molecule has 6 atom stereocenters. The molecule has 0 aromatic carbocycles. The predicted octanol–water partition coefficient (Wildman–Crippen LogP) is 5.66.